The van der Waals surface area contributed by atoms with Gasteiger partial charge in [0.05, 0.1) is 23.0 Å². The number of carboxylic acids is 1. The molecule has 2 heterocycles. The summed E-state index contributed by atoms with van der Waals surface area (Å²) in [7, 11) is 0. The van der Waals surface area contributed by atoms with Gasteiger partial charge in [0.25, 0.3) is 0 Å². The van der Waals surface area contributed by atoms with Crippen LogP contribution in [0.1, 0.15) is 16.1 Å². The molecule has 0 radical (unpaired) electrons. The Morgan fingerprint density at radius 3 is 2.93 bits per heavy atom. The van der Waals surface area contributed by atoms with Crippen molar-refractivity contribution < 1.29 is 9.90 Å². The van der Waals surface area contributed by atoms with E-state index in [9.17, 15) is 4.79 Å². The molecule has 0 aromatic carbocycles. The Morgan fingerprint density at radius 1 is 1.57 bits per heavy atom. The Balaban J connectivity index is 2.79. The minimum atomic E-state index is -0.927. The molecule has 0 saturated heterocycles. The molecule has 0 atom stereocenters. The van der Waals surface area contributed by atoms with Crippen molar-refractivity contribution in [2.75, 3.05) is 0 Å². The van der Waals surface area contributed by atoms with E-state index in [4.69, 9.17) is 5.11 Å². The van der Waals surface area contributed by atoms with Crippen LogP contribution >= 0.6 is 15.9 Å². The van der Waals surface area contributed by atoms with Crippen LogP contribution < -0.4 is 0 Å². The Morgan fingerprint density at radius 2 is 2.29 bits per heavy atom. The van der Waals surface area contributed by atoms with Crippen molar-refractivity contribution in [3.8, 4) is 0 Å². The maximum absolute atomic E-state index is 10.8. The van der Waals surface area contributed by atoms with Crippen molar-refractivity contribution in [1.82, 2.24) is 9.61 Å². The fraction of sp³-hybridized carbons (Fsp3) is 0.111. The number of aryl methyl sites for hydroxylation is 1. The zero-order valence-corrected chi connectivity index (χ0v) is 8.95. The molecule has 0 fully saturated rings. The topological polar surface area (TPSA) is 54.6 Å². The van der Waals surface area contributed by atoms with Gasteiger partial charge < -0.3 is 5.11 Å². The van der Waals surface area contributed by atoms with Crippen molar-refractivity contribution in [2.45, 2.75) is 6.92 Å². The normalized spacial score (nSPS) is 10.7. The first kappa shape index (κ1) is 9.21. The molecule has 0 spiro atoms. The van der Waals surface area contributed by atoms with Gasteiger partial charge in [0, 0.05) is 4.47 Å². The summed E-state index contributed by atoms with van der Waals surface area (Å²) in [5, 5.41) is 13.0. The Bertz CT molecular complexity index is 519. The van der Waals surface area contributed by atoms with Gasteiger partial charge in [-0.1, -0.05) is 0 Å². The molecule has 4 nitrogen and oxygen atoms in total. The van der Waals surface area contributed by atoms with E-state index in [1.165, 1.54) is 0 Å². The Labute approximate surface area is 88.3 Å². The van der Waals surface area contributed by atoms with Crippen molar-refractivity contribution in [3.63, 3.8) is 0 Å². The highest BCUT2D eigenvalue weighted by molar-refractivity contribution is 9.10. The van der Waals surface area contributed by atoms with Gasteiger partial charge in [-0.05, 0) is 35.0 Å². The third kappa shape index (κ3) is 1.29. The quantitative estimate of drug-likeness (QED) is 0.848. The standard InChI is InChI=1S/C9H7BrN2O2/c1-5-8(9(13)14)3-7-2-6(10)4-11-12(5)7/h2-4H,1H3,(H,13,14). The summed E-state index contributed by atoms with van der Waals surface area (Å²) in [4.78, 5) is 10.8. The molecule has 2 rings (SSSR count). The minimum absolute atomic E-state index is 0.288. The molecule has 72 valence electrons. The SMILES string of the molecule is Cc1c(C(=O)O)cc2cc(Br)cnn12. The van der Waals surface area contributed by atoms with Gasteiger partial charge in [0.1, 0.15) is 0 Å². The molecule has 0 amide bonds. The van der Waals surface area contributed by atoms with Crippen LogP contribution in [-0.4, -0.2) is 20.7 Å². The third-order valence-corrected chi connectivity index (χ3v) is 2.49. The Hall–Kier alpha value is -1.36. The molecular weight excluding hydrogens is 248 g/mol. The van der Waals surface area contributed by atoms with Gasteiger partial charge in [0.15, 0.2) is 0 Å². The zero-order chi connectivity index (χ0) is 10.3. The molecule has 0 bridgehead atoms. The van der Waals surface area contributed by atoms with E-state index in [0.29, 0.717) is 5.69 Å². The fourth-order valence-electron chi connectivity index (χ4n) is 1.39. The van der Waals surface area contributed by atoms with Crippen LogP contribution in [0.15, 0.2) is 22.8 Å². The van der Waals surface area contributed by atoms with E-state index in [1.807, 2.05) is 6.07 Å². The average Bonchev–Trinajstić information content (AvgIpc) is 2.43. The summed E-state index contributed by atoms with van der Waals surface area (Å²) in [6.45, 7) is 1.73. The van der Waals surface area contributed by atoms with Crippen LogP contribution in [0, 0.1) is 6.92 Å². The highest BCUT2D eigenvalue weighted by atomic mass is 79.9. The lowest BCUT2D eigenvalue weighted by Crippen LogP contribution is -1.99. The van der Waals surface area contributed by atoms with E-state index < -0.39 is 5.97 Å². The number of rotatable bonds is 1. The number of nitrogens with zero attached hydrogens (tertiary/aromatic N) is 2. The van der Waals surface area contributed by atoms with Gasteiger partial charge in [0.2, 0.25) is 0 Å². The molecule has 0 saturated carbocycles. The minimum Gasteiger partial charge on any atom is -0.478 e. The molecule has 0 aliphatic heterocycles. The second-order valence-electron chi connectivity index (χ2n) is 2.96. The number of aromatic carboxylic acids is 1. The summed E-state index contributed by atoms with van der Waals surface area (Å²) >= 11 is 3.28. The van der Waals surface area contributed by atoms with Gasteiger partial charge in [-0.3, -0.25) is 0 Å². The van der Waals surface area contributed by atoms with E-state index in [2.05, 4.69) is 21.0 Å². The molecule has 5 heteroatoms. The number of carbonyl (C=O) groups is 1. The molecule has 1 N–H and O–H groups in total. The fourth-order valence-corrected chi connectivity index (χ4v) is 1.71. The van der Waals surface area contributed by atoms with E-state index >= 15 is 0 Å². The number of hydrogen-bond acceptors (Lipinski definition) is 2. The van der Waals surface area contributed by atoms with Crippen LogP contribution in [0.3, 0.4) is 0 Å². The lowest BCUT2D eigenvalue weighted by molar-refractivity contribution is 0.0696. The first-order valence-corrected chi connectivity index (χ1v) is 4.76. The predicted molar refractivity (Wildman–Crippen MR) is 54.6 cm³/mol. The van der Waals surface area contributed by atoms with E-state index in [0.717, 1.165) is 9.99 Å². The van der Waals surface area contributed by atoms with E-state index in [1.54, 1.807) is 23.7 Å². The van der Waals surface area contributed by atoms with Crippen LogP contribution in [0.2, 0.25) is 0 Å². The van der Waals surface area contributed by atoms with Crippen molar-refractivity contribution >= 4 is 27.4 Å². The van der Waals surface area contributed by atoms with Gasteiger partial charge in [-0.25, -0.2) is 9.31 Å². The van der Waals surface area contributed by atoms with Crippen LogP contribution in [0.4, 0.5) is 0 Å². The predicted octanol–water partition coefficient (Wildman–Crippen LogP) is 2.10. The van der Waals surface area contributed by atoms with Crippen LogP contribution in [0.5, 0.6) is 0 Å². The number of fused-ring (bicyclic) bond motifs is 1. The number of hydrogen-bond donors (Lipinski definition) is 1. The summed E-state index contributed by atoms with van der Waals surface area (Å²) in [5.41, 5.74) is 1.70. The van der Waals surface area contributed by atoms with E-state index in [-0.39, 0.29) is 5.56 Å². The number of aromatic nitrogens is 2. The molecule has 2 aromatic rings. The second-order valence-corrected chi connectivity index (χ2v) is 3.87. The van der Waals surface area contributed by atoms with Crippen molar-refractivity contribution in [1.29, 1.82) is 0 Å². The number of halogens is 1. The Kier molecular flexibility index (Phi) is 2.03. The molecular formula is C9H7BrN2O2. The molecule has 0 aliphatic rings. The lowest BCUT2D eigenvalue weighted by Gasteiger charge is -1.96. The highest BCUT2D eigenvalue weighted by Crippen LogP contribution is 2.18. The van der Waals surface area contributed by atoms with Gasteiger partial charge in [-0.15, -0.1) is 0 Å². The molecule has 0 aliphatic carbocycles. The van der Waals surface area contributed by atoms with Gasteiger partial charge >= 0.3 is 5.97 Å². The smallest absolute Gasteiger partial charge is 0.337 e. The van der Waals surface area contributed by atoms with Crippen LogP contribution in [0.25, 0.3) is 5.52 Å². The van der Waals surface area contributed by atoms with Crippen molar-refractivity contribution in [3.05, 3.63) is 34.1 Å². The monoisotopic (exact) mass is 254 g/mol. The van der Waals surface area contributed by atoms with Crippen molar-refractivity contribution in [2.24, 2.45) is 0 Å². The lowest BCUT2D eigenvalue weighted by atomic mass is 10.2. The first-order chi connectivity index (χ1) is 6.59. The zero-order valence-electron chi connectivity index (χ0n) is 7.36. The first-order valence-electron chi connectivity index (χ1n) is 3.97. The summed E-state index contributed by atoms with van der Waals surface area (Å²) in [5.74, 6) is -0.927. The molecule has 0 unspecified atom stereocenters. The van der Waals surface area contributed by atoms with Gasteiger partial charge in [-0.2, -0.15) is 5.10 Å². The second kappa shape index (κ2) is 3.09. The molecule has 14 heavy (non-hydrogen) atoms. The summed E-state index contributed by atoms with van der Waals surface area (Å²) in [6.07, 6.45) is 1.63. The highest BCUT2D eigenvalue weighted by Gasteiger charge is 2.12. The summed E-state index contributed by atoms with van der Waals surface area (Å²) in [6, 6.07) is 3.43. The maximum Gasteiger partial charge on any atom is 0.337 e. The average molecular weight is 255 g/mol. The summed E-state index contributed by atoms with van der Waals surface area (Å²) < 4.78 is 2.44. The third-order valence-electron chi connectivity index (χ3n) is 2.06. The largest absolute Gasteiger partial charge is 0.478 e. The van der Waals surface area contributed by atoms with Crippen LogP contribution in [-0.2, 0) is 0 Å². The number of carboxylic acid groups (broad SMARTS) is 1. The maximum atomic E-state index is 10.8. The molecule has 2 aromatic heterocycles.